The molecule has 1 N–H and O–H groups in total. The Kier molecular flexibility index (Phi) is 7.32. The Bertz CT molecular complexity index is 1570. The SMILES string of the molecule is CCN(CC)c1ccc(C=Nn2c(-c3ccc4c(c3)NC(=O)CO4)csc2=Nc2ccc(F)cc2F)cc1. The summed E-state index contributed by atoms with van der Waals surface area (Å²) in [4.78, 5) is 18.9. The second kappa shape index (κ2) is 11.0. The number of anilines is 2. The third-order valence-electron chi connectivity index (χ3n) is 6.06. The average Bonchev–Trinajstić information content (AvgIpc) is 3.32. The third-order valence-corrected chi connectivity index (χ3v) is 6.88. The maximum Gasteiger partial charge on any atom is 0.262 e. The molecule has 194 valence electrons. The van der Waals surface area contributed by atoms with E-state index < -0.39 is 11.6 Å². The van der Waals surface area contributed by atoms with Crippen molar-refractivity contribution >= 4 is 40.5 Å². The standard InChI is InChI=1S/C28H25F2N5O2S/c1-3-34(4-2)21-9-5-18(6-10-21)15-31-35-25(19-7-12-26-24(13-19)32-27(36)16-37-26)17-38-28(35)33-23-11-8-20(29)14-22(23)30/h5-15,17H,3-4,16H2,1-2H3,(H,32,36). The van der Waals surface area contributed by atoms with Crippen molar-refractivity contribution in [2.75, 3.05) is 29.9 Å². The van der Waals surface area contributed by atoms with Crippen molar-refractivity contribution < 1.29 is 18.3 Å². The molecule has 1 aliphatic rings. The lowest BCUT2D eigenvalue weighted by molar-refractivity contribution is -0.118. The number of benzene rings is 3. The zero-order valence-corrected chi connectivity index (χ0v) is 21.6. The molecule has 0 aliphatic carbocycles. The molecule has 1 aliphatic heterocycles. The van der Waals surface area contributed by atoms with Gasteiger partial charge in [-0.2, -0.15) is 5.10 Å². The van der Waals surface area contributed by atoms with E-state index in [1.807, 2.05) is 35.7 Å². The second-order valence-electron chi connectivity index (χ2n) is 8.48. The number of fused-ring (bicyclic) bond motifs is 1. The first-order chi connectivity index (χ1) is 18.4. The predicted octanol–water partition coefficient (Wildman–Crippen LogP) is 5.79. The molecule has 4 aromatic rings. The van der Waals surface area contributed by atoms with E-state index in [1.54, 1.807) is 23.0 Å². The Morgan fingerprint density at radius 2 is 1.87 bits per heavy atom. The van der Waals surface area contributed by atoms with Crippen LogP contribution in [0.2, 0.25) is 0 Å². The monoisotopic (exact) mass is 533 g/mol. The molecule has 38 heavy (non-hydrogen) atoms. The van der Waals surface area contributed by atoms with E-state index >= 15 is 0 Å². The van der Waals surface area contributed by atoms with Crippen LogP contribution in [-0.4, -0.2) is 36.5 Å². The third kappa shape index (κ3) is 5.35. The molecule has 5 rings (SSSR count). The van der Waals surface area contributed by atoms with Crippen LogP contribution in [0.4, 0.5) is 25.8 Å². The molecule has 1 aromatic heterocycles. The highest BCUT2D eigenvalue weighted by molar-refractivity contribution is 7.07. The maximum absolute atomic E-state index is 14.4. The maximum atomic E-state index is 14.4. The molecule has 0 bridgehead atoms. The fourth-order valence-corrected chi connectivity index (χ4v) is 4.94. The fourth-order valence-electron chi connectivity index (χ4n) is 4.09. The summed E-state index contributed by atoms with van der Waals surface area (Å²) in [6, 6.07) is 16.7. The number of hydrogen-bond donors (Lipinski definition) is 1. The van der Waals surface area contributed by atoms with Crippen molar-refractivity contribution in [3.8, 4) is 17.0 Å². The normalized spacial score (nSPS) is 13.4. The number of carbonyl (C=O) groups excluding carboxylic acids is 1. The zero-order chi connectivity index (χ0) is 26.6. The van der Waals surface area contributed by atoms with Crippen LogP contribution >= 0.6 is 11.3 Å². The number of thiazole rings is 1. The summed E-state index contributed by atoms with van der Waals surface area (Å²) in [7, 11) is 0. The molecule has 0 radical (unpaired) electrons. The topological polar surface area (TPSA) is 71.2 Å². The van der Waals surface area contributed by atoms with E-state index in [9.17, 15) is 13.6 Å². The van der Waals surface area contributed by atoms with Crippen molar-refractivity contribution in [2.45, 2.75) is 13.8 Å². The Morgan fingerprint density at radius 3 is 2.61 bits per heavy atom. The first-order valence-corrected chi connectivity index (χ1v) is 13.0. The largest absolute Gasteiger partial charge is 0.482 e. The summed E-state index contributed by atoms with van der Waals surface area (Å²) < 4.78 is 34.9. The van der Waals surface area contributed by atoms with Gasteiger partial charge in [0.15, 0.2) is 12.4 Å². The summed E-state index contributed by atoms with van der Waals surface area (Å²) >= 11 is 1.26. The first-order valence-electron chi connectivity index (χ1n) is 12.1. The summed E-state index contributed by atoms with van der Waals surface area (Å²) in [5.74, 6) is -1.10. The van der Waals surface area contributed by atoms with Crippen molar-refractivity contribution in [1.29, 1.82) is 0 Å². The van der Waals surface area contributed by atoms with Gasteiger partial charge < -0.3 is 15.0 Å². The van der Waals surface area contributed by atoms with Gasteiger partial charge in [-0.1, -0.05) is 12.1 Å². The van der Waals surface area contributed by atoms with Gasteiger partial charge in [-0.25, -0.2) is 18.4 Å². The molecule has 2 heterocycles. The predicted molar refractivity (Wildman–Crippen MR) is 146 cm³/mol. The zero-order valence-electron chi connectivity index (χ0n) is 20.8. The van der Waals surface area contributed by atoms with Gasteiger partial charge in [0.2, 0.25) is 4.80 Å². The minimum Gasteiger partial charge on any atom is -0.482 e. The smallest absolute Gasteiger partial charge is 0.262 e. The molecule has 0 saturated heterocycles. The van der Waals surface area contributed by atoms with Gasteiger partial charge in [0, 0.05) is 35.8 Å². The number of carbonyl (C=O) groups is 1. The number of nitrogens with zero attached hydrogens (tertiary/aromatic N) is 4. The minimum absolute atomic E-state index is 0.00145. The molecule has 1 amide bonds. The van der Waals surface area contributed by atoms with Crippen molar-refractivity contribution in [2.24, 2.45) is 10.1 Å². The van der Waals surface area contributed by atoms with Crippen LogP contribution in [0.15, 0.2) is 76.1 Å². The average molecular weight is 534 g/mol. The van der Waals surface area contributed by atoms with Gasteiger partial charge in [0.05, 0.1) is 17.6 Å². The molecule has 3 aromatic carbocycles. The lowest BCUT2D eigenvalue weighted by Gasteiger charge is -2.20. The molecule has 0 saturated carbocycles. The van der Waals surface area contributed by atoms with Gasteiger partial charge in [-0.15, -0.1) is 11.3 Å². The molecule has 0 fully saturated rings. The van der Waals surface area contributed by atoms with E-state index in [1.165, 1.54) is 17.4 Å². The molecule has 10 heteroatoms. The minimum atomic E-state index is -0.767. The van der Waals surface area contributed by atoms with E-state index in [0.717, 1.165) is 42.0 Å². The molecular weight excluding hydrogens is 508 g/mol. The summed E-state index contributed by atoms with van der Waals surface area (Å²) in [5.41, 5.74) is 3.97. The van der Waals surface area contributed by atoms with Gasteiger partial charge in [-0.3, -0.25) is 4.79 Å². The first kappa shape index (κ1) is 25.3. The number of nitrogens with one attached hydrogen (secondary N) is 1. The van der Waals surface area contributed by atoms with E-state index in [2.05, 4.69) is 34.2 Å². The van der Waals surface area contributed by atoms with E-state index in [-0.39, 0.29) is 18.2 Å². The molecule has 0 spiro atoms. The lowest BCUT2D eigenvalue weighted by atomic mass is 10.1. The highest BCUT2D eigenvalue weighted by Crippen LogP contribution is 2.33. The van der Waals surface area contributed by atoms with E-state index in [0.29, 0.717) is 21.9 Å². The molecule has 7 nitrogen and oxygen atoms in total. The molecule has 0 atom stereocenters. The van der Waals surface area contributed by atoms with Crippen molar-refractivity contribution in [3.63, 3.8) is 0 Å². The quantitative estimate of drug-likeness (QED) is 0.306. The van der Waals surface area contributed by atoms with Gasteiger partial charge >= 0.3 is 0 Å². The van der Waals surface area contributed by atoms with Crippen LogP contribution in [0, 0.1) is 11.6 Å². The molecule has 0 unspecified atom stereocenters. The second-order valence-corrected chi connectivity index (χ2v) is 9.32. The Hall–Kier alpha value is -4.31. The van der Waals surface area contributed by atoms with Crippen molar-refractivity contribution in [1.82, 2.24) is 4.68 Å². The summed E-state index contributed by atoms with van der Waals surface area (Å²) in [6.07, 6.45) is 1.70. The van der Waals surface area contributed by atoms with Crippen molar-refractivity contribution in [3.05, 3.63) is 88.0 Å². The van der Waals surface area contributed by atoms with Crippen LogP contribution in [-0.2, 0) is 4.79 Å². The summed E-state index contributed by atoms with van der Waals surface area (Å²) in [5, 5.41) is 9.33. The molecular formula is C28H25F2N5O2S. The van der Waals surface area contributed by atoms with Crippen LogP contribution < -0.4 is 19.8 Å². The van der Waals surface area contributed by atoms with Gasteiger partial charge in [-0.05, 0) is 61.9 Å². The summed E-state index contributed by atoms with van der Waals surface area (Å²) in [6.45, 7) is 6.01. The number of aromatic nitrogens is 1. The van der Waals surface area contributed by atoms with Crippen LogP contribution in [0.25, 0.3) is 11.3 Å². The highest BCUT2D eigenvalue weighted by atomic mass is 32.1. The number of rotatable bonds is 7. The number of hydrogen-bond acceptors (Lipinski definition) is 6. The highest BCUT2D eigenvalue weighted by Gasteiger charge is 2.18. The van der Waals surface area contributed by atoms with Gasteiger partial charge in [0.25, 0.3) is 5.91 Å². The lowest BCUT2D eigenvalue weighted by Crippen LogP contribution is -2.25. The van der Waals surface area contributed by atoms with Crippen LogP contribution in [0.3, 0.4) is 0 Å². The fraction of sp³-hybridized carbons (Fsp3) is 0.179. The number of ether oxygens (including phenoxy) is 1. The number of amides is 1. The van der Waals surface area contributed by atoms with Gasteiger partial charge in [0.1, 0.15) is 17.3 Å². The Balaban J connectivity index is 1.57. The Labute approximate surface area is 222 Å². The van der Waals surface area contributed by atoms with Crippen LogP contribution in [0.1, 0.15) is 19.4 Å². The number of halogens is 2. The Morgan fingerprint density at radius 1 is 1.08 bits per heavy atom. The van der Waals surface area contributed by atoms with E-state index in [4.69, 9.17) is 4.74 Å². The van der Waals surface area contributed by atoms with Crippen LogP contribution in [0.5, 0.6) is 5.75 Å².